The standard InChI is InChI=1S/C17H17IN2O2/c1-12-9-14(18)7-8-15(12)20-17(22)11-19-16(21)10-13-5-3-2-4-6-13/h2-9H,10-11H2,1H3,(H,19,21)(H,20,22). The van der Waals surface area contributed by atoms with Crippen molar-refractivity contribution >= 4 is 40.1 Å². The van der Waals surface area contributed by atoms with Gasteiger partial charge in [0.1, 0.15) is 0 Å². The Hall–Kier alpha value is -1.89. The summed E-state index contributed by atoms with van der Waals surface area (Å²) in [5.74, 6) is -0.397. The Bertz CT molecular complexity index is 672. The summed E-state index contributed by atoms with van der Waals surface area (Å²) in [4.78, 5) is 23.7. The second-order valence-corrected chi connectivity index (χ2v) is 6.19. The van der Waals surface area contributed by atoms with Gasteiger partial charge >= 0.3 is 0 Å². The average molecular weight is 408 g/mol. The van der Waals surface area contributed by atoms with Gasteiger partial charge in [-0.2, -0.15) is 0 Å². The molecule has 2 aromatic carbocycles. The second-order valence-electron chi connectivity index (χ2n) is 4.95. The molecule has 2 N–H and O–H groups in total. The maximum Gasteiger partial charge on any atom is 0.243 e. The first-order chi connectivity index (χ1) is 10.5. The Morgan fingerprint density at radius 2 is 1.77 bits per heavy atom. The largest absolute Gasteiger partial charge is 0.347 e. The van der Waals surface area contributed by atoms with Crippen molar-refractivity contribution in [3.05, 3.63) is 63.2 Å². The molecule has 2 rings (SSSR count). The van der Waals surface area contributed by atoms with Crippen molar-refractivity contribution in [3.8, 4) is 0 Å². The molecule has 2 aromatic rings. The Morgan fingerprint density at radius 3 is 2.45 bits per heavy atom. The summed E-state index contributed by atoms with van der Waals surface area (Å²) in [6.45, 7) is 1.91. The van der Waals surface area contributed by atoms with Gasteiger partial charge in [0.2, 0.25) is 11.8 Å². The van der Waals surface area contributed by atoms with E-state index in [1.54, 1.807) is 0 Å². The highest BCUT2D eigenvalue weighted by Gasteiger charge is 2.08. The lowest BCUT2D eigenvalue weighted by atomic mass is 10.1. The number of anilines is 1. The van der Waals surface area contributed by atoms with E-state index in [1.807, 2.05) is 55.5 Å². The monoisotopic (exact) mass is 408 g/mol. The van der Waals surface area contributed by atoms with Crippen LogP contribution in [0.25, 0.3) is 0 Å². The van der Waals surface area contributed by atoms with E-state index in [4.69, 9.17) is 0 Å². The van der Waals surface area contributed by atoms with E-state index in [9.17, 15) is 9.59 Å². The van der Waals surface area contributed by atoms with Gasteiger partial charge in [-0.3, -0.25) is 9.59 Å². The van der Waals surface area contributed by atoms with Crippen molar-refractivity contribution < 1.29 is 9.59 Å². The molecule has 0 aliphatic heterocycles. The number of hydrogen-bond acceptors (Lipinski definition) is 2. The van der Waals surface area contributed by atoms with Crippen molar-refractivity contribution in [2.24, 2.45) is 0 Å². The minimum absolute atomic E-state index is 0.0307. The average Bonchev–Trinajstić information content (AvgIpc) is 2.49. The molecule has 0 aliphatic carbocycles. The Kier molecular flexibility index (Phi) is 5.94. The zero-order valence-corrected chi connectivity index (χ0v) is 14.4. The van der Waals surface area contributed by atoms with E-state index in [1.165, 1.54) is 0 Å². The van der Waals surface area contributed by atoms with Gasteiger partial charge in [-0.15, -0.1) is 0 Å². The normalized spacial score (nSPS) is 10.1. The van der Waals surface area contributed by atoms with Gasteiger partial charge in [0, 0.05) is 9.26 Å². The molecular formula is C17H17IN2O2. The molecule has 0 bridgehead atoms. The number of benzene rings is 2. The van der Waals surface area contributed by atoms with Crippen molar-refractivity contribution in [1.29, 1.82) is 0 Å². The fraction of sp³-hybridized carbons (Fsp3) is 0.176. The zero-order valence-electron chi connectivity index (χ0n) is 12.2. The fourth-order valence-corrected chi connectivity index (χ4v) is 2.63. The first-order valence-electron chi connectivity index (χ1n) is 6.91. The lowest BCUT2D eigenvalue weighted by molar-refractivity contribution is -0.123. The van der Waals surface area contributed by atoms with Gasteiger partial charge in [-0.25, -0.2) is 0 Å². The highest BCUT2D eigenvalue weighted by Crippen LogP contribution is 2.17. The van der Waals surface area contributed by atoms with Crippen LogP contribution in [0.5, 0.6) is 0 Å². The number of halogens is 1. The molecule has 22 heavy (non-hydrogen) atoms. The number of amides is 2. The Morgan fingerprint density at radius 1 is 1.05 bits per heavy atom. The van der Waals surface area contributed by atoms with E-state index in [2.05, 4.69) is 33.2 Å². The molecule has 5 heteroatoms. The minimum atomic E-state index is -0.231. The number of rotatable bonds is 5. The third-order valence-corrected chi connectivity index (χ3v) is 3.79. The number of hydrogen-bond donors (Lipinski definition) is 2. The van der Waals surface area contributed by atoms with Crippen LogP contribution >= 0.6 is 22.6 Å². The molecule has 0 radical (unpaired) electrons. The topological polar surface area (TPSA) is 58.2 Å². The lowest BCUT2D eigenvalue weighted by Crippen LogP contribution is -2.33. The molecule has 0 fully saturated rings. The van der Waals surface area contributed by atoms with Crippen LogP contribution in [0.15, 0.2) is 48.5 Å². The summed E-state index contributed by atoms with van der Waals surface area (Å²) in [5.41, 5.74) is 2.69. The fourth-order valence-electron chi connectivity index (χ4n) is 1.98. The van der Waals surface area contributed by atoms with Crippen LogP contribution in [0.4, 0.5) is 5.69 Å². The van der Waals surface area contributed by atoms with Crippen molar-refractivity contribution in [2.45, 2.75) is 13.3 Å². The molecule has 0 aromatic heterocycles. The molecule has 0 atom stereocenters. The molecule has 0 saturated heterocycles. The van der Waals surface area contributed by atoms with Gasteiger partial charge < -0.3 is 10.6 Å². The summed E-state index contributed by atoms with van der Waals surface area (Å²) in [6, 6.07) is 15.2. The van der Waals surface area contributed by atoms with E-state index >= 15 is 0 Å². The van der Waals surface area contributed by atoms with Crippen LogP contribution in [0, 0.1) is 10.5 Å². The number of carbonyl (C=O) groups excluding carboxylic acids is 2. The summed E-state index contributed by atoms with van der Waals surface area (Å²) in [6.07, 6.45) is 0.274. The molecule has 0 spiro atoms. The van der Waals surface area contributed by atoms with Crippen LogP contribution in [0.3, 0.4) is 0 Å². The van der Waals surface area contributed by atoms with Crippen LogP contribution in [0.1, 0.15) is 11.1 Å². The minimum Gasteiger partial charge on any atom is -0.347 e. The molecular weight excluding hydrogens is 391 g/mol. The predicted octanol–water partition coefficient (Wildman–Crippen LogP) is 2.90. The smallest absolute Gasteiger partial charge is 0.243 e. The van der Waals surface area contributed by atoms with Crippen LogP contribution < -0.4 is 10.6 Å². The quantitative estimate of drug-likeness (QED) is 0.748. The molecule has 114 valence electrons. The number of nitrogens with one attached hydrogen (secondary N) is 2. The summed E-state index contributed by atoms with van der Waals surface area (Å²) < 4.78 is 1.12. The first kappa shape index (κ1) is 16.5. The third kappa shape index (κ3) is 5.14. The van der Waals surface area contributed by atoms with Crippen LogP contribution in [-0.2, 0) is 16.0 Å². The number of aryl methyl sites for hydroxylation is 1. The SMILES string of the molecule is Cc1cc(I)ccc1NC(=O)CNC(=O)Cc1ccccc1. The van der Waals surface area contributed by atoms with E-state index in [-0.39, 0.29) is 24.8 Å². The van der Waals surface area contributed by atoms with Crippen LogP contribution in [-0.4, -0.2) is 18.4 Å². The van der Waals surface area contributed by atoms with Crippen LogP contribution in [0.2, 0.25) is 0 Å². The molecule has 0 saturated carbocycles. The molecule has 4 nitrogen and oxygen atoms in total. The maximum atomic E-state index is 11.9. The van der Waals surface area contributed by atoms with Gasteiger partial charge in [0.25, 0.3) is 0 Å². The predicted molar refractivity (Wildman–Crippen MR) is 95.7 cm³/mol. The Labute approximate surface area is 143 Å². The van der Waals surface area contributed by atoms with E-state index in [0.29, 0.717) is 0 Å². The molecule has 0 heterocycles. The van der Waals surface area contributed by atoms with Gasteiger partial charge in [-0.05, 0) is 58.8 Å². The molecule has 0 unspecified atom stereocenters. The lowest BCUT2D eigenvalue weighted by Gasteiger charge is -2.09. The highest BCUT2D eigenvalue weighted by molar-refractivity contribution is 14.1. The van der Waals surface area contributed by atoms with E-state index in [0.717, 1.165) is 20.4 Å². The summed E-state index contributed by atoms with van der Waals surface area (Å²) >= 11 is 2.22. The Balaban J connectivity index is 1.81. The van der Waals surface area contributed by atoms with Crippen molar-refractivity contribution in [2.75, 3.05) is 11.9 Å². The summed E-state index contributed by atoms with van der Waals surface area (Å²) in [5, 5.41) is 5.43. The number of carbonyl (C=O) groups is 2. The van der Waals surface area contributed by atoms with Gasteiger partial charge in [0.05, 0.1) is 13.0 Å². The zero-order chi connectivity index (χ0) is 15.9. The summed E-state index contributed by atoms with van der Waals surface area (Å²) in [7, 11) is 0. The molecule has 2 amide bonds. The van der Waals surface area contributed by atoms with E-state index < -0.39 is 0 Å². The third-order valence-electron chi connectivity index (χ3n) is 3.12. The van der Waals surface area contributed by atoms with Gasteiger partial charge in [0.15, 0.2) is 0 Å². The first-order valence-corrected chi connectivity index (χ1v) is 7.99. The van der Waals surface area contributed by atoms with Crippen molar-refractivity contribution in [3.63, 3.8) is 0 Å². The second kappa shape index (κ2) is 7.93. The maximum absolute atomic E-state index is 11.9. The van der Waals surface area contributed by atoms with Crippen molar-refractivity contribution in [1.82, 2.24) is 5.32 Å². The highest BCUT2D eigenvalue weighted by atomic mass is 127. The van der Waals surface area contributed by atoms with Gasteiger partial charge in [-0.1, -0.05) is 30.3 Å². The molecule has 0 aliphatic rings.